The Kier molecular flexibility index (Phi) is 8.09. The van der Waals surface area contributed by atoms with Crippen molar-refractivity contribution in [3.63, 3.8) is 0 Å². The molecule has 3 aromatic rings. The van der Waals surface area contributed by atoms with E-state index in [1.54, 1.807) is 12.1 Å². The van der Waals surface area contributed by atoms with Crippen LogP contribution in [0.3, 0.4) is 0 Å². The highest BCUT2D eigenvalue weighted by Crippen LogP contribution is 2.29. The van der Waals surface area contributed by atoms with Crippen LogP contribution < -0.4 is 10.6 Å². The predicted molar refractivity (Wildman–Crippen MR) is 132 cm³/mol. The molecule has 1 atom stereocenters. The van der Waals surface area contributed by atoms with Crippen LogP contribution in [-0.4, -0.2) is 56.2 Å². The van der Waals surface area contributed by atoms with E-state index >= 15 is 0 Å². The maximum Gasteiger partial charge on any atom is 0.474 e. The molecule has 1 aromatic carbocycles. The van der Waals surface area contributed by atoms with Crippen molar-refractivity contribution in [3.05, 3.63) is 63.0 Å². The average Bonchev–Trinajstić information content (AvgIpc) is 3.20. The van der Waals surface area contributed by atoms with Crippen LogP contribution in [0.25, 0.3) is 5.82 Å². The standard InChI is InChI=1S/C21H17BrClF3N6O4S/c1-10-7-11(37(3,36)31-20(35)21(24,25)26)8-12(18(33)27-2)16(10)29-19(34)14-9-15(22)30-32(14)17-13(23)5-4-6-28-17/h4-9H,1-3H3,(H,27,33)(H,29,34). The fraction of sp³-hybridized carbons (Fsp3) is 0.190. The molecule has 0 aliphatic carbocycles. The highest BCUT2D eigenvalue weighted by atomic mass is 79.9. The number of rotatable bonds is 5. The molecule has 0 saturated carbocycles. The molecule has 196 valence electrons. The summed E-state index contributed by atoms with van der Waals surface area (Å²) in [6.07, 6.45) is -3.04. The number of alkyl halides is 3. The molecule has 16 heteroatoms. The van der Waals surface area contributed by atoms with Gasteiger partial charge in [-0.25, -0.2) is 13.9 Å². The molecular formula is C21H17BrClF3N6O4S. The number of hydrogen-bond acceptors (Lipinski definition) is 6. The molecule has 3 rings (SSSR count). The third-order valence-corrected chi connectivity index (χ3v) is 7.12. The van der Waals surface area contributed by atoms with Crippen LogP contribution in [0.4, 0.5) is 18.9 Å². The summed E-state index contributed by atoms with van der Waals surface area (Å²) in [4.78, 5) is 41.0. The fourth-order valence-electron chi connectivity index (χ4n) is 3.10. The lowest BCUT2D eigenvalue weighted by atomic mass is 10.1. The van der Waals surface area contributed by atoms with Crippen molar-refractivity contribution in [3.8, 4) is 5.82 Å². The van der Waals surface area contributed by atoms with E-state index in [0.717, 1.165) is 12.3 Å². The quantitative estimate of drug-likeness (QED) is 0.440. The Hall–Kier alpha value is -3.30. The largest absolute Gasteiger partial charge is 0.474 e. The zero-order chi connectivity index (χ0) is 27.7. The minimum atomic E-state index is -5.32. The Morgan fingerprint density at radius 2 is 1.86 bits per heavy atom. The number of amides is 3. The van der Waals surface area contributed by atoms with E-state index in [0.29, 0.717) is 0 Å². The van der Waals surface area contributed by atoms with Crippen LogP contribution in [-0.2, 0) is 14.5 Å². The molecule has 10 nitrogen and oxygen atoms in total. The second-order valence-corrected chi connectivity index (χ2v) is 10.9. The first-order valence-electron chi connectivity index (χ1n) is 10.0. The number of nitrogens with zero attached hydrogens (tertiary/aromatic N) is 4. The number of anilines is 1. The molecular weight excluding hydrogens is 605 g/mol. The van der Waals surface area contributed by atoms with Crippen LogP contribution >= 0.6 is 27.5 Å². The van der Waals surface area contributed by atoms with Gasteiger partial charge in [0.25, 0.3) is 11.8 Å². The van der Waals surface area contributed by atoms with Crippen molar-refractivity contribution < 1.29 is 31.8 Å². The number of carbonyl (C=O) groups is 3. The second-order valence-electron chi connectivity index (χ2n) is 7.47. The van der Waals surface area contributed by atoms with Crippen molar-refractivity contribution in [2.24, 2.45) is 4.36 Å². The third-order valence-electron chi connectivity index (χ3n) is 4.81. The number of aromatic nitrogens is 3. The lowest BCUT2D eigenvalue weighted by Gasteiger charge is -2.16. The summed E-state index contributed by atoms with van der Waals surface area (Å²) in [7, 11) is -2.62. The number of hydrogen-bond donors (Lipinski definition) is 2. The van der Waals surface area contributed by atoms with Gasteiger partial charge in [-0.15, -0.1) is 4.36 Å². The van der Waals surface area contributed by atoms with Crippen molar-refractivity contribution in [2.75, 3.05) is 18.6 Å². The SMILES string of the molecule is CNC(=O)c1cc(S(C)(=O)=NC(=O)C(F)(F)F)cc(C)c1NC(=O)c1cc(Br)nn1-c1ncccc1Cl. The summed E-state index contributed by atoms with van der Waals surface area (Å²) < 4.78 is 55.2. The Balaban J connectivity index is 2.11. The minimum absolute atomic E-state index is 0.0242. The molecule has 0 radical (unpaired) electrons. The van der Waals surface area contributed by atoms with Crippen molar-refractivity contribution in [1.29, 1.82) is 0 Å². The lowest BCUT2D eigenvalue weighted by molar-refractivity contribution is -0.169. The van der Waals surface area contributed by atoms with Gasteiger partial charge in [0.1, 0.15) is 10.3 Å². The minimum Gasteiger partial charge on any atom is -0.355 e. The zero-order valence-electron chi connectivity index (χ0n) is 19.2. The zero-order valence-corrected chi connectivity index (χ0v) is 22.3. The summed E-state index contributed by atoms with van der Waals surface area (Å²) in [6.45, 7) is 1.43. The number of nitrogens with one attached hydrogen (secondary N) is 2. The van der Waals surface area contributed by atoms with Gasteiger partial charge in [0.15, 0.2) is 5.82 Å². The molecule has 0 bridgehead atoms. The number of carbonyl (C=O) groups excluding carboxylic acids is 3. The van der Waals surface area contributed by atoms with Crippen molar-refractivity contribution >= 4 is 60.7 Å². The maximum absolute atomic E-state index is 13.2. The summed E-state index contributed by atoms with van der Waals surface area (Å²) in [5.74, 6) is -3.86. The van der Waals surface area contributed by atoms with E-state index < -0.39 is 33.6 Å². The number of aryl methyl sites for hydroxylation is 1. The molecule has 3 amide bonds. The molecule has 2 N–H and O–H groups in total. The molecule has 1 unspecified atom stereocenters. The number of halogens is 5. The molecule has 0 aliphatic rings. The van der Waals surface area contributed by atoms with E-state index in [4.69, 9.17) is 11.6 Å². The predicted octanol–water partition coefficient (Wildman–Crippen LogP) is 4.15. The summed E-state index contributed by atoms with van der Waals surface area (Å²) in [6, 6.07) is 6.68. The Morgan fingerprint density at radius 1 is 1.19 bits per heavy atom. The molecule has 0 spiro atoms. The molecule has 2 heterocycles. The molecule has 0 aliphatic heterocycles. The van der Waals surface area contributed by atoms with E-state index in [9.17, 15) is 31.8 Å². The van der Waals surface area contributed by atoms with Crippen LogP contribution in [0.15, 0.2) is 50.4 Å². The average molecular weight is 622 g/mol. The van der Waals surface area contributed by atoms with Gasteiger partial charge in [-0.3, -0.25) is 14.4 Å². The van der Waals surface area contributed by atoms with Gasteiger partial charge in [-0.1, -0.05) is 11.6 Å². The van der Waals surface area contributed by atoms with Crippen LogP contribution in [0.5, 0.6) is 0 Å². The van der Waals surface area contributed by atoms with Crippen molar-refractivity contribution in [1.82, 2.24) is 20.1 Å². The van der Waals surface area contributed by atoms with Gasteiger partial charge in [-0.05, 0) is 52.7 Å². The van der Waals surface area contributed by atoms with E-state index in [1.807, 2.05) is 0 Å². The molecule has 2 aromatic heterocycles. The maximum atomic E-state index is 13.2. The van der Waals surface area contributed by atoms with E-state index in [-0.39, 0.29) is 42.8 Å². The third kappa shape index (κ3) is 6.17. The summed E-state index contributed by atoms with van der Waals surface area (Å²) >= 11 is 9.38. The van der Waals surface area contributed by atoms with Gasteiger partial charge in [0.2, 0.25) is 0 Å². The van der Waals surface area contributed by atoms with E-state index in [1.165, 1.54) is 37.0 Å². The van der Waals surface area contributed by atoms with Crippen LogP contribution in [0.1, 0.15) is 26.4 Å². The first-order chi connectivity index (χ1) is 17.2. The van der Waals surface area contributed by atoms with Gasteiger partial charge < -0.3 is 10.6 Å². The van der Waals surface area contributed by atoms with Gasteiger partial charge in [0.05, 0.1) is 26.0 Å². The Labute approximate surface area is 221 Å². The molecule has 0 fully saturated rings. The molecule has 37 heavy (non-hydrogen) atoms. The van der Waals surface area contributed by atoms with Crippen molar-refractivity contribution in [2.45, 2.75) is 18.0 Å². The lowest BCUT2D eigenvalue weighted by Crippen LogP contribution is -2.24. The Morgan fingerprint density at radius 3 is 2.46 bits per heavy atom. The van der Waals surface area contributed by atoms with Gasteiger partial charge in [0, 0.05) is 30.5 Å². The van der Waals surface area contributed by atoms with Gasteiger partial charge in [-0.2, -0.15) is 18.3 Å². The second kappa shape index (κ2) is 10.6. The normalized spacial score (nSPS) is 13.0. The molecule has 0 saturated heterocycles. The first kappa shape index (κ1) is 28.3. The smallest absolute Gasteiger partial charge is 0.355 e. The first-order valence-corrected chi connectivity index (χ1v) is 13.1. The van der Waals surface area contributed by atoms with Gasteiger partial charge >= 0.3 is 12.1 Å². The summed E-state index contributed by atoms with van der Waals surface area (Å²) in [5, 5.41) is 9.28. The number of pyridine rings is 1. The van der Waals surface area contributed by atoms with Crippen LogP contribution in [0.2, 0.25) is 5.02 Å². The fourth-order valence-corrected chi connectivity index (χ4v) is 4.94. The summed E-state index contributed by atoms with van der Waals surface area (Å²) in [5.41, 5.74) is -0.115. The number of benzene rings is 1. The van der Waals surface area contributed by atoms with Crippen LogP contribution in [0, 0.1) is 6.92 Å². The Bertz CT molecular complexity index is 1550. The van der Waals surface area contributed by atoms with E-state index in [2.05, 4.69) is 41.0 Å². The highest BCUT2D eigenvalue weighted by molar-refractivity contribution is 9.10. The highest BCUT2D eigenvalue weighted by Gasteiger charge is 2.39. The topological polar surface area (TPSA) is 135 Å². The monoisotopic (exact) mass is 620 g/mol.